The van der Waals surface area contributed by atoms with Crippen LogP contribution < -0.4 is 0 Å². The van der Waals surface area contributed by atoms with Crippen molar-refractivity contribution in [3.8, 4) is 0 Å². The number of rotatable bonds is 7. The Labute approximate surface area is 155 Å². The molecular weight excluding hydrogens is 441 g/mol. The minimum absolute atomic E-state index is 0.0231. The van der Waals surface area contributed by atoms with Crippen molar-refractivity contribution in [1.82, 2.24) is 0 Å². The highest BCUT2D eigenvalue weighted by Crippen LogP contribution is 2.59. The molecule has 0 aromatic rings. The van der Waals surface area contributed by atoms with Gasteiger partial charge < -0.3 is 9.84 Å². The highest BCUT2D eigenvalue weighted by Gasteiger charge is 2.88. The number of carboxylic acids is 1. The lowest BCUT2D eigenvalue weighted by Gasteiger charge is -2.43. The molecule has 0 saturated carbocycles. The van der Waals surface area contributed by atoms with Crippen LogP contribution in [0.4, 0.5) is 48.3 Å². The molecule has 170 valence electrons. The molecule has 0 radical (unpaired) electrons. The van der Waals surface area contributed by atoms with Gasteiger partial charge in [0.1, 0.15) is 0 Å². The van der Waals surface area contributed by atoms with Gasteiger partial charge in [0, 0.05) is 17.6 Å². The van der Waals surface area contributed by atoms with Crippen LogP contribution >= 0.6 is 0 Å². The molecule has 29 heavy (non-hydrogen) atoms. The van der Waals surface area contributed by atoms with Gasteiger partial charge in [-0.2, -0.15) is 48.3 Å². The summed E-state index contributed by atoms with van der Waals surface area (Å²) in [6.45, 7) is 1.78. The maximum absolute atomic E-state index is 14.2. The zero-order valence-electron chi connectivity index (χ0n) is 14.6. The Morgan fingerprint density at radius 3 is 1.48 bits per heavy atom. The Morgan fingerprint density at radius 1 is 0.759 bits per heavy atom. The van der Waals surface area contributed by atoms with Crippen LogP contribution in [-0.4, -0.2) is 53.0 Å². The fourth-order valence-electron chi connectivity index (χ4n) is 1.84. The first-order valence-corrected chi connectivity index (χ1v) is 7.14. The third kappa shape index (κ3) is 4.91. The van der Waals surface area contributed by atoms with E-state index in [9.17, 15) is 57.9 Å². The number of hydrogen-bond donors (Lipinski definition) is 1. The Hall–Kier alpha value is -2.09. The van der Waals surface area contributed by atoms with Crippen molar-refractivity contribution in [3.05, 3.63) is 12.2 Å². The highest BCUT2D eigenvalue weighted by molar-refractivity contribution is 5.90. The standard InChI is InChI=1S/C14H13F11O4/c1-9(2,3)8(29-7(28)5-4-6(26)27)10(15,16)11(17,18)12(19,20)13(21,22)14(23,24)25/h4-5,8H,1-3H3,(H,26,27)/b5-4-. The van der Waals surface area contributed by atoms with E-state index in [1.807, 2.05) is 0 Å². The molecule has 0 saturated heterocycles. The number of ether oxygens (including phenoxy) is 1. The number of alkyl halides is 11. The van der Waals surface area contributed by atoms with Crippen LogP contribution in [-0.2, 0) is 14.3 Å². The number of esters is 1. The summed E-state index contributed by atoms with van der Waals surface area (Å²) in [5.74, 6) is -33.0. The first-order valence-electron chi connectivity index (χ1n) is 7.14. The zero-order chi connectivity index (χ0) is 23.9. The molecule has 0 spiro atoms. The van der Waals surface area contributed by atoms with E-state index >= 15 is 0 Å². The molecule has 0 aromatic carbocycles. The van der Waals surface area contributed by atoms with E-state index in [0.717, 1.165) is 0 Å². The van der Waals surface area contributed by atoms with E-state index in [-0.39, 0.29) is 12.2 Å². The predicted molar refractivity (Wildman–Crippen MR) is 72.0 cm³/mol. The highest BCUT2D eigenvalue weighted by atomic mass is 19.4. The number of halogens is 11. The lowest BCUT2D eigenvalue weighted by atomic mass is 9.80. The van der Waals surface area contributed by atoms with Crippen molar-refractivity contribution < 1.29 is 67.7 Å². The van der Waals surface area contributed by atoms with Gasteiger partial charge in [-0.05, 0) is 0 Å². The van der Waals surface area contributed by atoms with Crippen LogP contribution in [0.2, 0.25) is 0 Å². The summed E-state index contributed by atoms with van der Waals surface area (Å²) >= 11 is 0. The van der Waals surface area contributed by atoms with Gasteiger partial charge in [0.05, 0.1) is 0 Å². The number of carbonyl (C=O) groups is 2. The van der Waals surface area contributed by atoms with E-state index in [4.69, 9.17) is 5.11 Å². The molecule has 0 aromatic heterocycles. The number of aliphatic carboxylic acids is 1. The third-order valence-corrected chi connectivity index (χ3v) is 3.28. The van der Waals surface area contributed by atoms with Crippen LogP contribution in [0.15, 0.2) is 12.2 Å². The second-order valence-corrected chi connectivity index (χ2v) is 6.70. The summed E-state index contributed by atoms with van der Waals surface area (Å²) < 4.78 is 149. The molecule has 1 unspecified atom stereocenters. The fraction of sp³-hybridized carbons (Fsp3) is 0.714. The summed E-state index contributed by atoms with van der Waals surface area (Å²) in [4.78, 5) is 21.5. The van der Waals surface area contributed by atoms with E-state index in [2.05, 4.69) is 4.74 Å². The molecule has 0 bridgehead atoms. The van der Waals surface area contributed by atoms with Gasteiger partial charge >= 0.3 is 41.8 Å². The first kappa shape index (κ1) is 26.9. The van der Waals surface area contributed by atoms with Crippen molar-refractivity contribution in [1.29, 1.82) is 0 Å². The SMILES string of the molecule is CC(C)(C)C(OC(=O)/C=C\C(=O)O)C(F)(F)C(F)(F)C(F)(F)C(F)(F)C(F)(F)F. The van der Waals surface area contributed by atoms with E-state index in [0.29, 0.717) is 20.8 Å². The van der Waals surface area contributed by atoms with Crippen molar-refractivity contribution in [2.75, 3.05) is 0 Å². The van der Waals surface area contributed by atoms with Crippen LogP contribution in [0, 0.1) is 5.41 Å². The van der Waals surface area contributed by atoms with Gasteiger partial charge in [-0.15, -0.1) is 0 Å². The van der Waals surface area contributed by atoms with E-state index in [1.165, 1.54) is 0 Å². The van der Waals surface area contributed by atoms with Crippen molar-refractivity contribution in [2.24, 2.45) is 5.41 Å². The molecule has 1 atom stereocenters. The van der Waals surface area contributed by atoms with E-state index < -0.39 is 53.3 Å². The van der Waals surface area contributed by atoms with Crippen molar-refractivity contribution in [3.63, 3.8) is 0 Å². The van der Waals surface area contributed by atoms with Gasteiger partial charge in [0.15, 0.2) is 6.10 Å². The van der Waals surface area contributed by atoms with Gasteiger partial charge in [-0.3, -0.25) is 0 Å². The van der Waals surface area contributed by atoms with Gasteiger partial charge in [-0.1, -0.05) is 20.8 Å². The molecule has 1 N–H and O–H groups in total. The monoisotopic (exact) mass is 454 g/mol. The Kier molecular flexibility index (Phi) is 7.08. The van der Waals surface area contributed by atoms with Crippen LogP contribution in [0.5, 0.6) is 0 Å². The lowest BCUT2D eigenvalue weighted by Crippen LogP contribution is -2.70. The average Bonchev–Trinajstić information content (AvgIpc) is 2.47. The van der Waals surface area contributed by atoms with Crippen LogP contribution in [0.3, 0.4) is 0 Å². The molecule has 15 heteroatoms. The van der Waals surface area contributed by atoms with Crippen LogP contribution in [0.1, 0.15) is 20.8 Å². The Morgan fingerprint density at radius 2 is 1.17 bits per heavy atom. The second kappa shape index (κ2) is 7.63. The number of hydrogen-bond acceptors (Lipinski definition) is 3. The summed E-state index contributed by atoms with van der Waals surface area (Å²) in [5, 5.41) is 8.27. The van der Waals surface area contributed by atoms with E-state index in [1.54, 1.807) is 0 Å². The Bertz CT molecular complexity index is 659. The van der Waals surface area contributed by atoms with Crippen molar-refractivity contribution in [2.45, 2.75) is 56.7 Å². The maximum atomic E-state index is 14.2. The van der Waals surface area contributed by atoms with Gasteiger partial charge in [0.2, 0.25) is 0 Å². The molecular formula is C14H13F11O4. The first-order chi connectivity index (χ1) is 12.4. The van der Waals surface area contributed by atoms with Crippen LogP contribution in [0.25, 0.3) is 0 Å². The normalized spacial score (nSPS) is 16.1. The lowest BCUT2D eigenvalue weighted by molar-refractivity contribution is -0.431. The molecule has 4 nitrogen and oxygen atoms in total. The fourth-order valence-corrected chi connectivity index (χ4v) is 1.84. The third-order valence-electron chi connectivity index (χ3n) is 3.28. The smallest absolute Gasteiger partial charge is 0.460 e. The number of carbonyl (C=O) groups excluding carboxylic acids is 1. The molecule has 0 rings (SSSR count). The minimum atomic E-state index is -7.66. The molecule has 0 aliphatic heterocycles. The second-order valence-electron chi connectivity index (χ2n) is 6.70. The molecule has 0 amide bonds. The largest absolute Gasteiger partial charge is 0.478 e. The molecule has 0 fully saturated rings. The van der Waals surface area contributed by atoms with Crippen molar-refractivity contribution >= 4 is 11.9 Å². The quantitative estimate of drug-likeness (QED) is 0.345. The summed E-state index contributed by atoms with van der Waals surface area (Å²) in [6.07, 6.45) is -11.1. The van der Waals surface area contributed by atoms with Gasteiger partial charge in [0.25, 0.3) is 0 Å². The topological polar surface area (TPSA) is 63.6 Å². The minimum Gasteiger partial charge on any atom is -0.478 e. The summed E-state index contributed by atoms with van der Waals surface area (Å²) in [5.41, 5.74) is -2.41. The molecule has 0 heterocycles. The van der Waals surface area contributed by atoms with Gasteiger partial charge in [-0.25, -0.2) is 9.59 Å². The number of carboxylic acid groups (broad SMARTS) is 1. The molecule has 0 aliphatic carbocycles. The maximum Gasteiger partial charge on any atom is 0.460 e. The molecule has 0 aliphatic rings. The average molecular weight is 454 g/mol. The zero-order valence-corrected chi connectivity index (χ0v) is 14.6. The summed E-state index contributed by atoms with van der Waals surface area (Å²) in [7, 11) is 0. The predicted octanol–water partition coefficient (Wildman–Crippen LogP) is 4.69. The summed E-state index contributed by atoms with van der Waals surface area (Å²) in [6, 6.07) is 0. The Balaban J connectivity index is 6.39.